The molecular weight excluding hydrogens is 431 g/mol. The van der Waals surface area contributed by atoms with Crippen molar-refractivity contribution in [3.05, 3.63) is 0 Å². The molecule has 0 heterocycles. The summed E-state index contributed by atoms with van der Waals surface area (Å²) in [4.78, 5) is 0. The lowest BCUT2D eigenvalue weighted by atomic mass is 10.0. The standard InChI is InChI=1S/C32H67OP/c1-4-7-8-9-10-11-12-13-14-15-16-17-18-19-20-21-22-23-24-25-26-27-28-29-30-31-32-34(33,5-2)6-3/h4-32H2,1-3H3. The van der Waals surface area contributed by atoms with E-state index >= 15 is 0 Å². The van der Waals surface area contributed by atoms with Crippen LogP contribution in [-0.2, 0) is 4.57 Å². The molecule has 0 bridgehead atoms. The van der Waals surface area contributed by atoms with Gasteiger partial charge in [0, 0.05) is 6.16 Å². The average molecular weight is 499 g/mol. The fourth-order valence-electron chi connectivity index (χ4n) is 5.26. The third-order valence-electron chi connectivity index (χ3n) is 8.07. The fourth-order valence-corrected chi connectivity index (χ4v) is 7.14. The highest BCUT2D eigenvalue weighted by Crippen LogP contribution is 2.45. The number of unbranched alkanes of at least 4 members (excludes halogenated alkanes) is 25. The van der Waals surface area contributed by atoms with E-state index in [1.807, 2.05) is 0 Å². The highest BCUT2D eigenvalue weighted by molar-refractivity contribution is 7.63. The summed E-state index contributed by atoms with van der Waals surface area (Å²) in [7, 11) is -1.78. The van der Waals surface area contributed by atoms with Crippen LogP contribution in [0.5, 0.6) is 0 Å². The van der Waals surface area contributed by atoms with E-state index in [-0.39, 0.29) is 0 Å². The van der Waals surface area contributed by atoms with Crippen molar-refractivity contribution < 1.29 is 4.57 Å². The Hall–Kier alpha value is 0.230. The summed E-state index contributed by atoms with van der Waals surface area (Å²) in [6.07, 6.45) is 40.2. The maximum absolute atomic E-state index is 12.4. The Morgan fingerprint density at radius 2 is 0.529 bits per heavy atom. The van der Waals surface area contributed by atoms with E-state index in [0.29, 0.717) is 0 Å². The number of rotatable bonds is 29. The predicted molar refractivity (Wildman–Crippen MR) is 159 cm³/mol. The summed E-state index contributed by atoms with van der Waals surface area (Å²) in [5, 5.41) is 0. The smallest absolute Gasteiger partial charge is 0.0872 e. The van der Waals surface area contributed by atoms with Crippen LogP contribution in [0.3, 0.4) is 0 Å². The number of hydrogen-bond donors (Lipinski definition) is 0. The lowest BCUT2D eigenvalue weighted by Gasteiger charge is -2.13. The minimum absolute atomic E-state index is 0.906. The molecule has 34 heavy (non-hydrogen) atoms. The minimum atomic E-state index is -1.78. The zero-order valence-corrected chi connectivity index (χ0v) is 25.3. The van der Waals surface area contributed by atoms with Crippen molar-refractivity contribution in [2.45, 2.75) is 188 Å². The first kappa shape index (κ1) is 34.2. The molecule has 0 atom stereocenters. The van der Waals surface area contributed by atoms with Gasteiger partial charge < -0.3 is 4.57 Å². The third kappa shape index (κ3) is 25.3. The van der Waals surface area contributed by atoms with Crippen molar-refractivity contribution in [3.63, 3.8) is 0 Å². The Labute approximate surface area is 217 Å². The van der Waals surface area contributed by atoms with Gasteiger partial charge in [0.2, 0.25) is 0 Å². The van der Waals surface area contributed by atoms with E-state index in [4.69, 9.17) is 0 Å². The molecule has 0 fully saturated rings. The molecule has 0 aromatic carbocycles. The Bertz CT molecular complexity index is 411. The summed E-state index contributed by atoms with van der Waals surface area (Å²) in [6, 6.07) is 0. The first-order valence-electron chi connectivity index (χ1n) is 16.3. The summed E-state index contributed by atoms with van der Waals surface area (Å²) >= 11 is 0. The lowest BCUT2D eigenvalue weighted by molar-refractivity contribution is 0.516. The molecule has 0 aromatic rings. The molecule has 0 amide bonds. The van der Waals surface area contributed by atoms with E-state index in [0.717, 1.165) is 18.5 Å². The van der Waals surface area contributed by atoms with E-state index in [1.54, 1.807) is 0 Å². The summed E-state index contributed by atoms with van der Waals surface area (Å²) in [6.45, 7) is 6.51. The van der Waals surface area contributed by atoms with E-state index in [9.17, 15) is 4.57 Å². The molecule has 0 saturated carbocycles. The molecule has 0 spiro atoms. The highest BCUT2D eigenvalue weighted by atomic mass is 31.2. The summed E-state index contributed by atoms with van der Waals surface area (Å²) < 4.78 is 12.4. The zero-order valence-electron chi connectivity index (χ0n) is 24.4. The molecule has 2 heteroatoms. The van der Waals surface area contributed by atoms with Crippen LogP contribution in [0, 0.1) is 0 Å². The van der Waals surface area contributed by atoms with Crippen molar-refractivity contribution in [2.75, 3.05) is 18.5 Å². The van der Waals surface area contributed by atoms with Crippen molar-refractivity contribution in [2.24, 2.45) is 0 Å². The van der Waals surface area contributed by atoms with Crippen LogP contribution in [0.15, 0.2) is 0 Å². The van der Waals surface area contributed by atoms with Gasteiger partial charge in [-0.2, -0.15) is 0 Å². The Balaban J connectivity index is 3.10. The van der Waals surface area contributed by atoms with Crippen LogP contribution >= 0.6 is 7.14 Å². The molecule has 0 aliphatic carbocycles. The molecule has 0 saturated heterocycles. The van der Waals surface area contributed by atoms with Crippen LogP contribution in [0.4, 0.5) is 0 Å². The van der Waals surface area contributed by atoms with Gasteiger partial charge in [-0.15, -0.1) is 0 Å². The topological polar surface area (TPSA) is 17.1 Å². The largest absolute Gasteiger partial charge is 0.324 e. The van der Waals surface area contributed by atoms with Gasteiger partial charge in [-0.1, -0.05) is 181 Å². The summed E-state index contributed by atoms with van der Waals surface area (Å²) in [5.41, 5.74) is 0. The quantitative estimate of drug-likeness (QED) is 0.0740. The van der Waals surface area contributed by atoms with Gasteiger partial charge in [-0.25, -0.2) is 0 Å². The number of hydrogen-bond acceptors (Lipinski definition) is 1. The highest BCUT2D eigenvalue weighted by Gasteiger charge is 2.15. The molecule has 0 radical (unpaired) electrons. The molecule has 206 valence electrons. The minimum Gasteiger partial charge on any atom is -0.324 e. The van der Waals surface area contributed by atoms with Crippen molar-refractivity contribution in [1.82, 2.24) is 0 Å². The van der Waals surface area contributed by atoms with Crippen LogP contribution in [0.1, 0.15) is 188 Å². The second-order valence-electron chi connectivity index (χ2n) is 11.3. The molecular formula is C32H67OP. The van der Waals surface area contributed by atoms with Crippen LogP contribution < -0.4 is 0 Å². The van der Waals surface area contributed by atoms with Gasteiger partial charge in [0.25, 0.3) is 0 Å². The van der Waals surface area contributed by atoms with Gasteiger partial charge in [-0.05, 0) is 18.7 Å². The van der Waals surface area contributed by atoms with E-state index in [2.05, 4.69) is 20.8 Å². The molecule has 0 N–H and O–H groups in total. The van der Waals surface area contributed by atoms with Crippen LogP contribution in [0.25, 0.3) is 0 Å². The van der Waals surface area contributed by atoms with Gasteiger partial charge >= 0.3 is 0 Å². The second-order valence-corrected chi connectivity index (χ2v) is 15.1. The first-order chi connectivity index (χ1) is 16.7. The Kier molecular flexibility index (Phi) is 28.0. The molecule has 1 nitrogen and oxygen atoms in total. The second kappa shape index (κ2) is 27.8. The van der Waals surface area contributed by atoms with Crippen LogP contribution in [-0.4, -0.2) is 18.5 Å². The lowest BCUT2D eigenvalue weighted by Crippen LogP contribution is -1.95. The third-order valence-corrected chi connectivity index (χ3v) is 11.5. The van der Waals surface area contributed by atoms with Gasteiger partial charge in [0.05, 0.1) is 7.14 Å². The molecule has 0 aliphatic heterocycles. The molecule has 0 aromatic heterocycles. The Morgan fingerprint density at radius 1 is 0.324 bits per heavy atom. The summed E-state index contributed by atoms with van der Waals surface area (Å²) in [5.74, 6) is 0. The predicted octanol–water partition coefficient (Wildman–Crippen LogP) is 12.6. The van der Waals surface area contributed by atoms with E-state index < -0.39 is 7.14 Å². The van der Waals surface area contributed by atoms with E-state index in [1.165, 1.54) is 167 Å². The normalized spacial score (nSPS) is 12.0. The zero-order chi connectivity index (χ0) is 25.0. The molecule has 0 aliphatic rings. The first-order valence-corrected chi connectivity index (χ1v) is 18.5. The van der Waals surface area contributed by atoms with Gasteiger partial charge in [0.1, 0.15) is 0 Å². The molecule has 0 rings (SSSR count). The fraction of sp³-hybridized carbons (Fsp3) is 1.00. The average Bonchev–Trinajstić information content (AvgIpc) is 2.86. The van der Waals surface area contributed by atoms with Crippen LogP contribution in [0.2, 0.25) is 0 Å². The Morgan fingerprint density at radius 3 is 0.735 bits per heavy atom. The van der Waals surface area contributed by atoms with Crippen molar-refractivity contribution >= 4 is 7.14 Å². The van der Waals surface area contributed by atoms with Gasteiger partial charge in [0.15, 0.2) is 0 Å². The van der Waals surface area contributed by atoms with Crippen molar-refractivity contribution in [3.8, 4) is 0 Å². The monoisotopic (exact) mass is 498 g/mol. The maximum Gasteiger partial charge on any atom is 0.0872 e. The van der Waals surface area contributed by atoms with Crippen molar-refractivity contribution in [1.29, 1.82) is 0 Å². The van der Waals surface area contributed by atoms with Gasteiger partial charge in [-0.3, -0.25) is 0 Å². The SMILES string of the molecule is CCCCCCCCCCCCCCCCCCCCCCCCCCCCP(=O)(CC)CC. The molecule has 0 unspecified atom stereocenters. The maximum atomic E-state index is 12.4.